The summed E-state index contributed by atoms with van der Waals surface area (Å²) in [6.45, 7) is 3.91. The van der Waals surface area contributed by atoms with Gasteiger partial charge in [0.05, 0.1) is 11.7 Å². The SMILES string of the molecule is Cc1ccncc1C(=O)N(C)C(C)N(C)C. The van der Waals surface area contributed by atoms with Crippen LogP contribution in [0.15, 0.2) is 18.5 Å². The fourth-order valence-electron chi connectivity index (χ4n) is 1.39. The van der Waals surface area contributed by atoms with E-state index < -0.39 is 0 Å². The highest BCUT2D eigenvalue weighted by Gasteiger charge is 2.20. The van der Waals surface area contributed by atoms with Gasteiger partial charge in [-0.1, -0.05) is 0 Å². The van der Waals surface area contributed by atoms with Crippen LogP contribution in [0, 0.1) is 6.92 Å². The molecule has 1 aromatic heterocycles. The molecule has 0 bridgehead atoms. The molecule has 0 spiro atoms. The number of aromatic nitrogens is 1. The molecule has 1 rings (SSSR count). The fraction of sp³-hybridized carbons (Fsp3) is 0.500. The Morgan fingerprint density at radius 3 is 2.50 bits per heavy atom. The highest BCUT2D eigenvalue weighted by molar-refractivity contribution is 5.95. The number of carbonyl (C=O) groups is 1. The second-order valence-corrected chi connectivity index (χ2v) is 4.20. The van der Waals surface area contributed by atoms with Crippen LogP contribution < -0.4 is 0 Å². The number of rotatable bonds is 3. The zero-order valence-corrected chi connectivity index (χ0v) is 10.6. The predicted octanol–water partition coefficient (Wildman–Crippen LogP) is 1.37. The van der Waals surface area contributed by atoms with Crippen molar-refractivity contribution in [2.75, 3.05) is 21.1 Å². The van der Waals surface area contributed by atoms with Crippen molar-refractivity contribution in [1.29, 1.82) is 0 Å². The topological polar surface area (TPSA) is 36.4 Å². The van der Waals surface area contributed by atoms with E-state index in [0.717, 1.165) is 5.56 Å². The molecular formula is C12H19N3O. The summed E-state index contributed by atoms with van der Waals surface area (Å²) in [5, 5.41) is 0. The molecule has 0 fully saturated rings. The Morgan fingerprint density at radius 2 is 2.00 bits per heavy atom. The van der Waals surface area contributed by atoms with Gasteiger partial charge < -0.3 is 4.90 Å². The van der Waals surface area contributed by atoms with Crippen molar-refractivity contribution in [1.82, 2.24) is 14.8 Å². The first-order valence-corrected chi connectivity index (χ1v) is 5.29. The van der Waals surface area contributed by atoms with Crippen LogP contribution in [-0.2, 0) is 0 Å². The molecule has 1 unspecified atom stereocenters. The molecule has 88 valence electrons. The average Bonchev–Trinajstić information content (AvgIpc) is 2.26. The Hall–Kier alpha value is -1.42. The Kier molecular flexibility index (Phi) is 4.01. The zero-order valence-electron chi connectivity index (χ0n) is 10.6. The quantitative estimate of drug-likeness (QED) is 0.723. The number of hydrogen-bond donors (Lipinski definition) is 0. The third-order valence-electron chi connectivity index (χ3n) is 2.90. The normalized spacial score (nSPS) is 12.6. The number of aryl methyl sites for hydroxylation is 1. The third-order valence-corrected chi connectivity index (χ3v) is 2.90. The van der Waals surface area contributed by atoms with E-state index in [0.29, 0.717) is 5.56 Å². The van der Waals surface area contributed by atoms with Gasteiger partial charge in [0, 0.05) is 19.4 Å². The molecule has 0 aliphatic rings. The minimum Gasteiger partial charge on any atom is -0.326 e. The van der Waals surface area contributed by atoms with Crippen LogP contribution in [-0.4, -0.2) is 48.0 Å². The van der Waals surface area contributed by atoms with Gasteiger partial charge in [0.2, 0.25) is 0 Å². The molecule has 1 heterocycles. The summed E-state index contributed by atoms with van der Waals surface area (Å²) in [5.74, 6) is 0.00630. The van der Waals surface area contributed by atoms with E-state index in [1.807, 2.05) is 38.9 Å². The number of pyridine rings is 1. The molecule has 0 aromatic carbocycles. The lowest BCUT2D eigenvalue weighted by Gasteiger charge is -2.30. The van der Waals surface area contributed by atoms with Gasteiger partial charge in [-0.05, 0) is 39.6 Å². The molecule has 0 saturated heterocycles. The molecule has 16 heavy (non-hydrogen) atoms. The van der Waals surface area contributed by atoms with Crippen LogP contribution in [0.4, 0.5) is 0 Å². The first-order valence-electron chi connectivity index (χ1n) is 5.29. The van der Waals surface area contributed by atoms with E-state index in [1.54, 1.807) is 24.3 Å². The molecule has 0 radical (unpaired) electrons. The standard InChI is InChI=1S/C12H19N3O/c1-9-6-7-13-8-11(9)12(16)15(5)10(2)14(3)4/h6-8,10H,1-5H3. The molecule has 1 aromatic rings. The van der Waals surface area contributed by atoms with Gasteiger partial charge in [-0.2, -0.15) is 0 Å². The molecule has 1 atom stereocenters. The van der Waals surface area contributed by atoms with E-state index in [4.69, 9.17) is 0 Å². The van der Waals surface area contributed by atoms with Crippen molar-refractivity contribution in [3.8, 4) is 0 Å². The highest BCUT2D eigenvalue weighted by atomic mass is 16.2. The molecule has 0 aliphatic carbocycles. The van der Waals surface area contributed by atoms with Crippen LogP contribution in [0.25, 0.3) is 0 Å². The summed E-state index contributed by atoms with van der Waals surface area (Å²) in [5.41, 5.74) is 1.62. The fourth-order valence-corrected chi connectivity index (χ4v) is 1.39. The molecule has 1 amide bonds. The summed E-state index contributed by atoms with van der Waals surface area (Å²) in [7, 11) is 5.70. The van der Waals surface area contributed by atoms with E-state index in [2.05, 4.69) is 4.98 Å². The molecule has 4 heteroatoms. The molecule has 0 N–H and O–H groups in total. The van der Waals surface area contributed by atoms with Crippen LogP contribution in [0.1, 0.15) is 22.8 Å². The van der Waals surface area contributed by atoms with E-state index in [-0.39, 0.29) is 12.1 Å². The van der Waals surface area contributed by atoms with Crippen LogP contribution in [0.5, 0.6) is 0 Å². The van der Waals surface area contributed by atoms with Crippen molar-refractivity contribution in [3.05, 3.63) is 29.6 Å². The van der Waals surface area contributed by atoms with Crippen LogP contribution in [0.3, 0.4) is 0 Å². The maximum Gasteiger partial charge on any atom is 0.256 e. The van der Waals surface area contributed by atoms with E-state index in [9.17, 15) is 4.79 Å². The lowest BCUT2D eigenvalue weighted by atomic mass is 10.1. The predicted molar refractivity (Wildman–Crippen MR) is 64.2 cm³/mol. The number of nitrogens with zero attached hydrogens (tertiary/aromatic N) is 3. The van der Waals surface area contributed by atoms with Gasteiger partial charge in [0.15, 0.2) is 0 Å². The zero-order chi connectivity index (χ0) is 12.3. The average molecular weight is 221 g/mol. The molecular weight excluding hydrogens is 202 g/mol. The largest absolute Gasteiger partial charge is 0.326 e. The summed E-state index contributed by atoms with van der Waals surface area (Å²) in [4.78, 5) is 19.9. The highest BCUT2D eigenvalue weighted by Crippen LogP contribution is 2.10. The number of amides is 1. The molecule has 0 saturated carbocycles. The second-order valence-electron chi connectivity index (χ2n) is 4.20. The van der Waals surface area contributed by atoms with Crippen molar-refractivity contribution in [2.45, 2.75) is 20.0 Å². The minimum atomic E-state index is 0.00630. The van der Waals surface area contributed by atoms with Gasteiger partial charge in [-0.3, -0.25) is 14.7 Å². The van der Waals surface area contributed by atoms with Gasteiger partial charge in [0.1, 0.15) is 0 Å². The van der Waals surface area contributed by atoms with Crippen molar-refractivity contribution in [2.24, 2.45) is 0 Å². The summed E-state index contributed by atoms with van der Waals surface area (Å²) in [6.07, 6.45) is 3.38. The lowest BCUT2D eigenvalue weighted by molar-refractivity contribution is 0.0585. The van der Waals surface area contributed by atoms with Gasteiger partial charge in [-0.25, -0.2) is 0 Å². The Bertz CT molecular complexity index is 376. The number of hydrogen-bond acceptors (Lipinski definition) is 3. The van der Waals surface area contributed by atoms with E-state index in [1.165, 1.54) is 0 Å². The lowest BCUT2D eigenvalue weighted by Crippen LogP contribution is -2.44. The monoisotopic (exact) mass is 221 g/mol. The maximum atomic E-state index is 12.2. The Labute approximate surface area is 96.9 Å². The van der Waals surface area contributed by atoms with Gasteiger partial charge in [-0.15, -0.1) is 0 Å². The maximum absolute atomic E-state index is 12.2. The molecule has 0 aliphatic heterocycles. The Balaban J connectivity index is 2.91. The van der Waals surface area contributed by atoms with Gasteiger partial charge in [0.25, 0.3) is 5.91 Å². The van der Waals surface area contributed by atoms with E-state index >= 15 is 0 Å². The number of carbonyl (C=O) groups excluding carboxylic acids is 1. The van der Waals surface area contributed by atoms with Gasteiger partial charge >= 0.3 is 0 Å². The summed E-state index contributed by atoms with van der Waals surface area (Å²) >= 11 is 0. The van der Waals surface area contributed by atoms with Crippen molar-refractivity contribution < 1.29 is 4.79 Å². The summed E-state index contributed by atoms with van der Waals surface area (Å²) in [6, 6.07) is 1.85. The van der Waals surface area contributed by atoms with Crippen molar-refractivity contribution in [3.63, 3.8) is 0 Å². The van der Waals surface area contributed by atoms with Crippen molar-refractivity contribution >= 4 is 5.91 Å². The third kappa shape index (κ3) is 2.58. The molecule has 4 nitrogen and oxygen atoms in total. The smallest absolute Gasteiger partial charge is 0.256 e. The first-order chi connectivity index (χ1) is 7.45. The Morgan fingerprint density at radius 1 is 1.38 bits per heavy atom. The second kappa shape index (κ2) is 5.07. The first kappa shape index (κ1) is 12.6. The minimum absolute atomic E-state index is 0.00630. The summed E-state index contributed by atoms with van der Waals surface area (Å²) < 4.78 is 0. The van der Waals surface area contributed by atoms with Crippen LogP contribution >= 0.6 is 0 Å². The van der Waals surface area contributed by atoms with Crippen LogP contribution in [0.2, 0.25) is 0 Å².